The molecule has 1 heterocycles. The molecule has 110 valence electrons. The number of rotatable bonds is 3. The summed E-state index contributed by atoms with van der Waals surface area (Å²) >= 11 is 2.05. The summed E-state index contributed by atoms with van der Waals surface area (Å²) in [6.45, 7) is 1.58. The lowest BCUT2D eigenvalue weighted by Crippen LogP contribution is -2.47. The van der Waals surface area contributed by atoms with Gasteiger partial charge in [0.05, 0.1) is 13.2 Å². The summed E-state index contributed by atoms with van der Waals surface area (Å²) in [5.74, 6) is -0.202. The topological polar surface area (TPSA) is 30.5 Å². The Bertz CT molecular complexity index is 284. The lowest BCUT2D eigenvalue weighted by atomic mass is 9.87. The molecule has 1 aliphatic heterocycles. The first-order chi connectivity index (χ1) is 9.30. The van der Waals surface area contributed by atoms with Gasteiger partial charge in [0.25, 0.3) is 0 Å². The number of hydrogen-bond donors (Lipinski definition) is 1. The second kappa shape index (κ2) is 6.33. The van der Waals surface area contributed by atoms with Crippen LogP contribution >= 0.6 is 11.8 Å². The first-order valence-electron chi connectivity index (χ1n) is 7.86. The van der Waals surface area contributed by atoms with Crippen LogP contribution in [0.15, 0.2) is 0 Å². The van der Waals surface area contributed by atoms with Crippen LogP contribution < -0.4 is 5.32 Å². The second-order valence-corrected chi connectivity index (χ2v) is 7.41. The third-order valence-corrected chi connectivity index (χ3v) is 6.09. The van der Waals surface area contributed by atoms with Crippen LogP contribution in [0.5, 0.6) is 0 Å². The van der Waals surface area contributed by atoms with Gasteiger partial charge in [0, 0.05) is 30.2 Å². The Labute approximate surface area is 121 Å². The lowest BCUT2D eigenvalue weighted by Gasteiger charge is -2.38. The fraction of sp³-hybridized carbons (Fsp3) is 1.00. The molecule has 1 N–H and O–H groups in total. The zero-order valence-electron chi connectivity index (χ0n) is 12.0. The molecule has 0 amide bonds. The van der Waals surface area contributed by atoms with Gasteiger partial charge in [0.15, 0.2) is 5.79 Å². The van der Waals surface area contributed by atoms with Crippen molar-refractivity contribution in [1.29, 1.82) is 0 Å². The van der Waals surface area contributed by atoms with Crippen molar-refractivity contribution < 1.29 is 9.47 Å². The molecular weight excluding hydrogens is 258 g/mol. The summed E-state index contributed by atoms with van der Waals surface area (Å²) in [6, 6.07) is 1.43. The average Bonchev–Trinajstić information content (AvgIpc) is 2.90. The van der Waals surface area contributed by atoms with Crippen LogP contribution in [-0.2, 0) is 9.47 Å². The molecule has 0 radical (unpaired) electrons. The highest BCUT2D eigenvalue weighted by atomic mass is 32.2. The van der Waals surface area contributed by atoms with Gasteiger partial charge in [-0.25, -0.2) is 0 Å². The largest absolute Gasteiger partial charge is 0.348 e. The highest BCUT2D eigenvalue weighted by Crippen LogP contribution is 2.36. The van der Waals surface area contributed by atoms with E-state index in [2.05, 4.69) is 11.6 Å². The first kappa shape index (κ1) is 14.2. The van der Waals surface area contributed by atoms with Crippen molar-refractivity contribution in [2.75, 3.05) is 19.5 Å². The SMILES string of the molecule is CSC1CCCC(NC2CCC3(CC2)OCCO3)C1. The Kier molecular flexibility index (Phi) is 4.73. The summed E-state index contributed by atoms with van der Waals surface area (Å²) in [7, 11) is 0. The zero-order chi connectivity index (χ0) is 13.1. The molecule has 3 aliphatic rings. The van der Waals surface area contributed by atoms with Crippen LogP contribution in [0.1, 0.15) is 51.4 Å². The van der Waals surface area contributed by atoms with Crippen molar-refractivity contribution in [3.63, 3.8) is 0 Å². The van der Waals surface area contributed by atoms with Crippen LogP contribution in [0.3, 0.4) is 0 Å². The van der Waals surface area contributed by atoms with Gasteiger partial charge in [0.2, 0.25) is 0 Å². The van der Waals surface area contributed by atoms with Gasteiger partial charge < -0.3 is 14.8 Å². The van der Waals surface area contributed by atoms with Gasteiger partial charge in [-0.15, -0.1) is 0 Å². The maximum Gasteiger partial charge on any atom is 0.168 e. The molecule has 0 aromatic carbocycles. The molecular formula is C15H27NO2S. The number of ether oxygens (including phenoxy) is 2. The molecule has 2 aliphatic carbocycles. The van der Waals surface area contributed by atoms with Gasteiger partial charge >= 0.3 is 0 Å². The molecule has 2 saturated carbocycles. The van der Waals surface area contributed by atoms with E-state index in [0.29, 0.717) is 6.04 Å². The van der Waals surface area contributed by atoms with Crippen molar-refractivity contribution in [2.45, 2.75) is 74.5 Å². The highest BCUT2D eigenvalue weighted by Gasteiger charge is 2.40. The van der Waals surface area contributed by atoms with Crippen molar-refractivity contribution in [3.05, 3.63) is 0 Å². The van der Waals surface area contributed by atoms with Gasteiger partial charge in [-0.05, 0) is 38.4 Å². The van der Waals surface area contributed by atoms with E-state index in [0.717, 1.165) is 37.3 Å². The van der Waals surface area contributed by atoms with Crippen LogP contribution in [-0.4, -0.2) is 42.6 Å². The maximum atomic E-state index is 5.80. The predicted octanol–water partition coefficient (Wildman–Crippen LogP) is 2.94. The van der Waals surface area contributed by atoms with Crippen molar-refractivity contribution in [1.82, 2.24) is 5.32 Å². The van der Waals surface area contributed by atoms with Crippen LogP contribution in [0, 0.1) is 0 Å². The van der Waals surface area contributed by atoms with Crippen molar-refractivity contribution in [2.24, 2.45) is 0 Å². The minimum Gasteiger partial charge on any atom is -0.348 e. The van der Waals surface area contributed by atoms with E-state index in [1.807, 2.05) is 11.8 Å². The molecule has 3 rings (SSSR count). The van der Waals surface area contributed by atoms with Crippen LogP contribution in [0.25, 0.3) is 0 Å². The molecule has 0 aromatic heterocycles. The fourth-order valence-electron chi connectivity index (χ4n) is 3.85. The normalized spacial score (nSPS) is 35.8. The minimum atomic E-state index is -0.202. The predicted molar refractivity (Wildman–Crippen MR) is 79.6 cm³/mol. The Hall–Kier alpha value is 0.230. The monoisotopic (exact) mass is 285 g/mol. The smallest absolute Gasteiger partial charge is 0.168 e. The van der Waals surface area contributed by atoms with E-state index in [-0.39, 0.29) is 5.79 Å². The molecule has 0 aromatic rings. The molecule has 1 saturated heterocycles. The molecule has 2 atom stereocenters. The molecule has 2 unspecified atom stereocenters. The second-order valence-electron chi connectivity index (χ2n) is 6.27. The van der Waals surface area contributed by atoms with E-state index >= 15 is 0 Å². The summed E-state index contributed by atoms with van der Waals surface area (Å²) in [6.07, 6.45) is 12.3. The Morgan fingerprint density at radius 3 is 2.42 bits per heavy atom. The van der Waals surface area contributed by atoms with Gasteiger partial charge in [-0.2, -0.15) is 11.8 Å². The van der Waals surface area contributed by atoms with E-state index in [9.17, 15) is 0 Å². The van der Waals surface area contributed by atoms with Crippen molar-refractivity contribution in [3.8, 4) is 0 Å². The van der Waals surface area contributed by atoms with Gasteiger partial charge in [-0.3, -0.25) is 0 Å². The van der Waals surface area contributed by atoms with Gasteiger partial charge in [0.1, 0.15) is 0 Å². The van der Waals surface area contributed by atoms with E-state index in [1.165, 1.54) is 38.5 Å². The minimum absolute atomic E-state index is 0.202. The number of hydrogen-bond acceptors (Lipinski definition) is 4. The highest BCUT2D eigenvalue weighted by molar-refractivity contribution is 7.99. The summed E-state index contributed by atoms with van der Waals surface area (Å²) < 4.78 is 11.6. The quantitative estimate of drug-likeness (QED) is 0.863. The molecule has 3 nitrogen and oxygen atoms in total. The molecule has 1 spiro atoms. The lowest BCUT2D eigenvalue weighted by molar-refractivity contribution is -0.179. The van der Waals surface area contributed by atoms with Crippen LogP contribution in [0.2, 0.25) is 0 Å². The first-order valence-corrected chi connectivity index (χ1v) is 9.15. The molecule has 19 heavy (non-hydrogen) atoms. The van der Waals surface area contributed by atoms with Crippen molar-refractivity contribution >= 4 is 11.8 Å². The Balaban J connectivity index is 1.44. The molecule has 4 heteroatoms. The third kappa shape index (κ3) is 3.46. The number of thioether (sulfide) groups is 1. The summed E-state index contributed by atoms with van der Waals surface area (Å²) in [5, 5.41) is 4.78. The maximum absolute atomic E-state index is 5.80. The Morgan fingerprint density at radius 2 is 1.74 bits per heavy atom. The zero-order valence-corrected chi connectivity index (χ0v) is 12.8. The Morgan fingerprint density at radius 1 is 1.00 bits per heavy atom. The average molecular weight is 285 g/mol. The molecule has 3 fully saturated rings. The van der Waals surface area contributed by atoms with E-state index < -0.39 is 0 Å². The summed E-state index contributed by atoms with van der Waals surface area (Å²) in [5.41, 5.74) is 0. The fourth-order valence-corrected chi connectivity index (χ4v) is 4.68. The van der Waals surface area contributed by atoms with Gasteiger partial charge in [-0.1, -0.05) is 6.42 Å². The number of nitrogens with one attached hydrogen (secondary N) is 1. The molecule has 0 bridgehead atoms. The third-order valence-electron chi connectivity index (χ3n) is 4.99. The summed E-state index contributed by atoms with van der Waals surface area (Å²) in [4.78, 5) is 0. The van der Waals surface area contributed by atoms with E-state index in [4.69, 9.17) is 9.47 Å². The van der Waals surface area contributed by atoms with Crippen LogP contribution in [0.4, 0.5) is 0 Å². The van der Waals surface area contributed by atoms with E-state index in [1.54, 1.807) is 0 Å². The standard InChI is InChI=1S/C15H27NO2S/c1-19-14-4-2-3-13(11-14)16-12-5-7-15(8-6-12)17-9-10-18-15/h12-14,16H,2-11H2,1H3.